The summed E-state index contributed by atoms with van der Waals surface area (Å²) in [5.41, 5.74) is 0.806. The molecular weight excluding hydrogens is 380 g/mol. The van der Waals surface area contributed by atoms with E-state index in [0.717, 1.165) is 4.47 Å². The maximum Gasteiger partial charge on any atom is 0.287 e. The van der Waals surface area contributed by atoms with Crippen molar-refractivity contribution in [2.24, 2.45) is 10.2 Å². The summed E-state index contributed by atoms with van der Waals surface area (Å²) in [6.45, 7) is -0.337. The molecule has 3 aromatic rings. The van der Waals surface area contributed by atoms with Crippen LogP contribution in [0.4, 0.5) is 5.69 Å². The Morgan fingerprint density at radius 2 is 2.17 bits per heavy atom. The molecule has 0 aliphatic rings. The summed E-state index contributed by atoms with van der Waals surface area (Å²) in [6.07, 6.45) is 1.36. The Kier molecular flexibility index (Phi) is 4.43. The molecule has 122 valence electrons. The number of hydrogen-bond donors (Lipinski definition) is 3. The number of fused-ring (bicyclic) bond motifs is 1. The minimum atomic E-state index is -0.668. The highest BCUT2D eigenvalue weighted by atomic mass is 79.9. The van der Waals surface area contributed by atoms with E-state index in [4.69, 9.17) is 4.42 Å². The van der Waals surface area contributed by atoms with E-state index in [-0.39, 0.29) is 23.9 Å². The summed E-state index contributed by atoms with van der Waals surface area (Å²) in [5.74, 6) is -1.29. The van der Waals surface area contributed by atoms with Crippen molar-refractivity contribution in [2.75, 3.05) is 6.54 Å². The molecule has 9 heteroatoms. The van der Waals surface area contributed by atoms with Crippen molar-refractivity contribution >= 4 is 44.3 Å². The molecule has 24 heavy (non-hydrogen) atoms. The first-order valence-corrected chi connectivity index (χ1v) is 7.60. The van der Waals surface area contributed by atoms with Crippen molar-refractivity contribution in [1.29, 1.82) is 0 Å². The number of benzene rings is 1. The molecule has 0 unspecified atom stereocenters. The Morgan fingerprint density at radius 1 is 1.33 bits per heavy atom. The topological polar surface area (TPSA) is 120 Å². The predicted octanol–water partition coefficient (Wildman–Crippen LogP) is 3.27. The number of aromatic amines is 1. The van der Waals surface area contributed by atoms with Crippen molar-refractivity contribution in [2.45, 2.75) is 0 Å². The van der Waals surface area contributed by atoms with Crippen LogP contribution in [-0.2, 0) is 4.79 Å². The number of aromatic nitrogens is 1. The van der Waals surface area contributed by atoms with Gasteiger partial charge in [0.25, 0.3) is 11.8 Å². The highest BCUT2D eigenvalue weighted by Gasteiger charge is 2.12. The quantitative estimate of drug-likeness (QED) is 0.591. The molecule has 0 bridgehead atoms. The molecule has 0 aliphatic heterocycles. The van der Waals surface area contributed by atoms with Crippen LogP contribution in [0.2, 0.25) is 0 Å². The van der Waals surface area contributed by atoms with Crippen molar-refractivity contribution in [1.82, 2.24) is 10.3 Å². The lowest BCUT2D eigenvalue weighted by Gasteiger charge is -1.98. The fraction of sp³-hybridized carbons (Fsp3) is 0.0667. The van der Waals surface area contributed by atoms with Gasteiger partial charge in [-0.15, -0.1) is 10.2 Å². The lowest BCUT2D eigenvalue weighted by atomic mass is 10.2. The Bertz CT molecular complexity index is 931. The van der Waals surface area contributed by atoms with Crippen molar-refractivity contribution in [3.63, 3.8) is 0 Å². The minimum Gasteiger partial charge on any atom is -0.493 e. The number of furan rings is 1. The number of nitrogens with one attached hydrogen (secondary N) is 2. The maximum atomic E-state index is 11.7. The van der Waals surface area contributed by atoms with Crippen LogP contribution >= 0.6 is 15.9 Å². The molecule has 0 saturated carbocycles. The smallest absolute Gasteiger partial charge is 0.287 e. The van der Waals surface area contributed by atoms with Crippen LogP contribution in [0.5, 0.6) is 5.88 Å². The summed E-state index contributed by atoms with van der Waals surface area (Å²) in [4.78, 5) is 26.1. The van der Waals surface area contributed by atoms with E-state index >= 15 is 0 Å². The van der Waals surface area contributed by atoms with Crippen molar-refractivity contribution in [3.05, 3.63) is 46.8 Å². The van der Waals surface area contributed by atoms with Gasteiger partial charge in [-0.25, -0.2) is 0 Å². The van der Waals surface area contributed by atoms with Crippen LogP contribution in [0.3, 0.4) is 0 Å². The maximum absolute atomic E-state index is 11.7. The minimum absolute atomic E-state index is 0.0962. The molecular formula is C15H11BrN4O4. The van der Waals surface area contributed by atoms with E-state index in [1.54, 1.807) is 24.3 Å². The zero-order valence-electron chi connectivity index (χ0n) is 12.1. The lowest BCUT2D eigenvalue weighted by Crippen LogP contribution is -2.28. The molecule has 1 aromatic carbocycles. The summed E-state index contributed by atoms with van der Waals surface area (Å²) >= 11 is 3.32. The van der Waals surface area contributed by atoms with Gasteiger partial charge in [-0.05, 0) is 30.3 Å². The molecule has 8 nitrogen and oxygen atoms in total. The zero-order valence-corrected chi connectivity index (χ0v) is 13.7. The molecule has 3 rings (SSSR count). The van der Waals surface area contributed by atoms with Gasteiger partial charge in [0.1, 0.15) is 6.54 Å². The molecule has 0 atom stereocenters. The number of amides is 2. The van der Waals surface area contributed by atoms with Crippen LogP contribution in [0.15, 0.2) is 55.7 Å². The van der Waals surface area contributed by atoms with E-state index in [2.05, 4.69) is 36.5 Å². The molecule has 0 radical (unpaired) electrons. The number of nitrogens with zero attached hydrogens (tertiary/aromatic N) is 2. The van der Waals surface area contributed by atoms with Crippen LogP contribution in [0, 0.1) is 0 Å². The SMILES string of the molecule is O=C(CNC(=O)c1ccco1)N=Nc1c(O)[nH]c2ccc(Br)cc12. The lowest BCUT2D eigenvalue weighted by molar-refractivity contribution is -0.117. The normalized spacial score (nSPS) is 11.2. The van der Waals surface area contributed by atoms with Crippen LogP contribution in [0.25, 0.3) is 10.9 Å². The number of carbonyl (C=O) groups is 2. The summed E-state index contributed by atoms with van der Waals surface area (Å²) in [6, 6.07) is 8.33. The fourth-order valence-corrected chi connectivity index (χ4v) is 2.39. The Morgan fingerprint density at radius 3 is 2.92 bits per heavy atom. The van der Waals surface area contributed by atoms with E-state index in [1.165, 1.54) is 12.3 Å². The van der Waals surface area contributed by atoms with Gasteiger partial charge in [-0.1, -0.05) is 15.9 Å². The molecule has 2 heterocycles. The van der Waals surface area contributed by atoms with E-state index < -0.39 is 11.8 Å². The zero-order chi connectivity index (χ0) is 17.1. The molecule has 3 N–H and O–H groups in total. The second kappa shape index (κ2) is 6.67. The van der Waals surface area contributed by atoms with E-state index in [0.29, 0.717) is 10.9 Å². The molecule has 0 spiro atoms. The van der Waals surface area contributed by atoms with Gasteiger partial charge in [-0.3, -0.25) is 9.59 Å². The largest absolute Gasteiger partial charge is 0.493 e. The van der Waals surface area contributed by atoms with Crippen LogP contribution in [0.1, 0.15) is 10.6 Å². The average Bonchev–Trinajstić information content (AvgIpc) is 3.18. The van der Waals surface area contributed by atoms with Gasteiger partial charge >= 0.3 is 0 Å². The van der Waals surface area contributed by atoms with E-state index in [1.807, 2.05) is 0 Å². The molecule has 0 aliphatic carbocycles. The van der Waals surface area contributed by atoms with Crippen molar-refractivity contribution < 1.29 is 19.1 Å². The Hall–Kier alpha value is -2.94. The average molecular weight is 391 g/mol. The number of rotatable bonds is 4. The van der Waals surface area contributed by atoms with Gasteiger partial charge in [0.05, 0.1) is 11.8 Å². The summed E-state index contributed by atoms with van der Waals surface area (Å²) < 4.78 is 5.70. The summed E-state index contributed by atoms with van der Waals surface area (Å²) in [7, 11) is 0. The highest BCUT2D eigenvalue weighted by Crippen LogP contribution is 2.36. The second-order valence-corrected chi connectivity index (χ2v) is 5.68. The van der Waals surface area contributed by atoms with Gasteiger partial charge < -0.3 is 19.8 Å². The summed E-state index contributed by atoms with van der Waals surface area (Å²) in [5, 5.41) is 20.1. The highest BCUT2D eigenvalue weighted by molar-refractivity contribution is 9.10. The van der Waals surface area contributed by atoms with Gasteiger partial charge in [0.15, 0.2) is 11.4 Å². The third-order valence-electron chi connectivity index (χ3n) is 3.12. The number of carbonyl (C=O) groups excluding carboxylic acids is 2. The second-order valence-electron chi connectivity index (χ2n) is 4.77. The number of halogens is 1. The predicted molar refractivity (Wildman–Crippen MR) is 88.2 cm³/mol. The molecule has 2 aromatic heterocycles. The van der Waals surface area contributed by atoms with Gasteiger partial charge in [-0.2, -0.15) is 0 Å². The third kappa shape index (κ3) is 3.35. The van der Waals surface area contributed by atoms with Crippen LogP contribution < -0.4 is 5.32 Å². The molecule has 0 saturated heterocycles. The van der Waals surface area contributed by atoms with Crippen molar-refractivity contribution in [3.8, 4) is 5.88 Å². The first kappa shape index (κ1) is 15.9. The van der Waals surface area contributed by atoms with Gasteiger partial charge in [0.2, 0.25) is 5.88 Å². The third-order valence-corrected chi connectivity index (χ3v) is 3.61. The Balaban J connectivity index is 1.69. The first-order valence-electron chi connectivity index (χ1n) is 6.81. The number of hydrogen-bond acceptors (Lipinski definition) is 5. The molecule has 2 amide bonds. The number of H-pyrrole nitrogens is 1. The monoisotopic (exact) mass is 390 g/mol. The molecule has 0 fully saturated rings. The standard InChI is InChI=1S/C15H11BrN4O4/c16-8-3-4-10-9(6-8)13(15(23)18-10)20-19-12(21)7-17-14(22)11-2-1-5-24-11/h1-6,18,23H,7H2,(H,17,22). The first-order chi connectivity index (χ1) is 11.5. The number of azo groups is 1. The van der Waals surface area contributed by atoms with E-state index in [9.17, 15) is 14.7 Å². The fourth-order valence-electron chi connectivity index (χ4n) is 2.03. The Labute approximate surface area is 143 Å². The number of aromatic hydroxyl groups is 1. The van der Waals surface area contributed by atoms with Crippen LogP contribution in [-0.4, -0.2) is 28.4 Å². The van der Waals surface area contributed by atoms with Gasteiger partial charge in [0, 0.05) is 9.86 Å².